The summed E-state index contributed by atoms with van der Waals surface area (Å²) >= 11 is 5.95. The molecule has 0 aromatic heterocycles. The number of rotatable bonds is 2. The van der Waals surface area contributed by atoms with Crippen LogP contribution in [0.5, 0.6) is 5.75 Å². The average Bonchev–Trinajstić information content (AvgIpc) is 3.05. The topological polar surface area (TPSA) is 45.0 Å². The number of halogens is 1. The van der Waals surface area contributed by atoms with Crippen molar-refractivity contribution in [1.82, 2.24) is 0 Å². The van der Waals surface area contributed by atoms with E-state index in [4.69, 9.17) is 16.7 Å². The minimum Gasteiger partial charge on any atom is -0.508 e. The zero-order valence-corrected chi connectivity index (χ0v) is 17.6. The third-order valence-corrected chi connectivity index (χ3v) is 7.96. The first-order chi connectivity index (χ1) is 14.0. The monoisotopic (exact) mass is 406 g/mol. The van der Waals surface area contributed by atoms with Gasteiger partial charge in [-0.05, 0) is 97.2 Å². The van der Waals surface area contributed by atoms with Crippen LogP contribution in [-0.2, 0) is 6.42 Å². The van der Waals surface area contributed by atoms with Crippen LogP contribution in [0.1, 0.15) is 61.6 Å². The summed E-state index contributed by atoms with van der Waals surface area (Å²) in [5.41, 5.74) is 5.31. The van der Waals surface area contributed by atoms with Crippen LogP contribution >= 0.6 is 11.6 Å². The van der Waals surface area contributed by atoms with Crippen molar-refractivity contribution in [3.8, 4) is 5.75 Å². The molecule has 29 heavy (non-hydrogen) atoms. The highest BCUT2D eigenvalue weighted by atomic mass is 35.5. The van der Waals surface area contributed by atoms with Crippen molar-refractivity contribution < 1.29 is 5.11 Å². The van der Waals surface area contributed by atoms with Crippen molar-refractivity contribution in [2.45, 2.75) is 51.4 Å². The number of fused-ring (bicyclic) bond motifs is 5. The van der Waals surface area contributed by atoms with E-state index in [1.165, 1.54) is 42.5 Å². The quantitative estimate of drug-likeness (QED) is 0.456. The fourth-order valence-electron chi connectivity index (χ4n) is 6.24. The van der Waals surface area contributed by atoms with Crippen LogP contribution in [0, 0.1) is 17.3 Å². The molecule has 3 aliphatic carbocycles. The third kappa shape index (κ3) is 3.30. The molecule has 0 spiro atoms. The molecule has 3 nitrogen and oxygen atoms in total. The predicted molar refractivity (Wildman–Crippen MR) is 119 cm³/mol. The molecule has 150 valence electrons. The second-order valence-electron chi connectivity index (χ2n) is 9.14. The molecule has 0 heterocycles. The highest BCUT2D eigenvalue weighted by Crippen LogP contribution is 2.60. The minimum absolute atomic E-state index is 0.174. The summed E-state index contributed by atoms with van der Waals surface area (Å²) in [6.07, 6.45) is 8.80. The molecule has 0 aliphatic heterocycles. The van der Waals surface area contributed by atoms with Gasteiger partial charge in [0.25, 0.3) is 0 Å². The molecule has 0 amide bonds. The van der Waals surface area contributed by atoms with Crippen molar-refractivity contribution in [2.24, 2.45) is 27.5 Å². The van der Waals surface area contributed by atoms with E-state index >= 15 is 0 Å². The van der Waals surface area contributed by atoms with Gasteiger partial charge < -0.3 is 5.11 Å². The Bertz CT molecular complexity index is 981. The van der Waals surface area contributed by atoms with E-state index in [9.17, 15) is 5.11 Å². The third-order valence-electron chi connectivity index (χ3n) is 7.71. The number of aryl methyl sites for hydroxylation is 1. The van der Waals surface area contributed by atoms with Crippen molar-refractivity contribution >= 4 is 23.5 Å². The van der Waals surface area contributed by atoms with E-state index in [0.717, 1.165) is 29.3 Å². The van der Waals surface area contributed by atoms with E-state index in [1.54, 1.807) is 0 Å². The molecule has 2 fully saturated rings. The van der Waals surface area contributed by atoms with Gasteiger partial charge in [-0.1, -0.05) is 36.7 Å². The van der Waals surface area contributed by atoms with Gasteiger partial charge in [-0.2, -0.15) is 10.2 Å². The van der Waals surface area contributed by atoms with Gasteiger partial charge in [0, 0.05) is 16.1 Å². The Balaban J connectivity index is 1.37. The van der Waals surface area contributed by atoms with Crippen LogP contribution in [-0.4, -0.2) is 17.0 Å². The summed E-state index contributed by atoms with van der Waals surface area (Å²) in [5, 5.41) is 19.7. The lowest BCUT2D eigenvalue weighted by Gasteiger charge is -2.49. The lowest BCUT2D eigenvalue weighted by molar-refractivity contribution is 0.0955. The van der Waals surface area contributed by atoms with Gasteiger partial charge in [-0.3, -0.25) is 0 Å². The molecule has 0 radical (unpaired) electrons. The molecule has 2 aromatic carbocycles. The zero-order valence-electron chi connectivity index (χ0n) is 16.8. The number of aromatic hydroxyl groups is 1. The molecule has 0 bridgehead atoms. The Morgan fingerprint density at radius 2 is 1.90 bits per heavy atom. The van der Waals surface area contributed by atoms with Crippen LogP contribution in [0.4, 0.5) is 0 Å². The number of hydrogen-bond acceptors (Lipinski definition) is 3. The van der Waals surface area contributed by atoms with Crippen LogP contribution in [0.2, 0.25) is 5.02 Å². The van der Waals surface area contributed by atoms with Crippen molar-refractivity contribution in [1.29, 1.82) is 0 Å². The van der Waals surface area contributed by atoms with Crippen LogP contribution in [0.15, 0.2) is 52.7 Å². The molecular formula is C25H27ClN2O. The van der Waals surface area contributed by atoms with Gasteiger partial charge in [-0.25, -0.2) is 0 Å². The molecule has 4 heteroatoms. The van der Waals surface area contributed by atoms with E-state index in [2.05, 4.69) is 18.1 Å². The van der Waals surface area contributed by atoms with Gasteiger partial charge >= 0.3 is 0 Å². The van der Waals surface area contributed by atoms with Crippen molar-refractivity contribution in [2.75, 3.05) is 0 Å². The van der Waals surface area contributed by atoms with Gasteiger partial charge in [-0.15, -0.1) is 0 Å². The number of hydrogen-bond donors (Lipinski definition) is 1. The molecule has 4 atom stereocenters. The molecule has 5 rings (SSSR count). The summed E-state index contributed by atoms with van der Waals surface area (Å²) < 4.78 is 0. The Labute approximate surface area is 177 Å². The first-order valence-electron chi connectivity index (χ1n) is 10.7. The smallest absolute Gasteiger partial charge is 0.115 e. The summed E-state index contributed by atoms with van der Waals surface area (Å²) in [7, 11) is 0. The highest BCUT2D eigenvalue weighted by Gasteiger charge is 2.53. The maximum Gasteiger partial charge on any atom is 0.115 e. The van der Waals surface area contributed by atoms with E-state index in [1.807, 2.05) is 42.6 Å². The van der Waals surface area contributed by atoms with Crippen molar-refractivity contribution in [3.63, 3.8) is 0 Å². The van der Waals surface area contributed by atoms with E-state index in [0.29, 0.717) is 17.6 Å². The SMILES string of the molecule is C[C@]12CC[C@@H]3c4ccc(O)cc4CC[C@@H]3[C@@H]1CC/C2=N/N=C\c1ccc(Cl)cc1. The summed E-state index contributed by atoms with van der Waals surface area (Å²) in [5.74, 6) is 2.44. The maximum atomic E-state index is 9.85. The molecule has 0 unspecified atom stereocenters. The average molecular weight is 407 g/mol. The summed E-state index contributed by atoms with van der Waals surface area (Å²) in [4.78, 5) is 0. The Morgan fingerprint density at radius 1 is 1.07 bits per heavy atom. The zero-order chi connectivity index (χ0) is 20.0. The second kappa shape index (κ2) is 7.28. The lowest BCUT2D eigenvalue weighted by atomic mass is 9.55. The van der Waals surface area contributed by atoms with Gasteiger partial charge in [0.2, 0.25) is 0 Å². The minimum atomic E-state index is 0.174. The van der Waals surface area contributed by atoms with Gasteiger partial charge in [0.15, 0.2) is 0 Å². The second-order valence-corrected chi connectivity index (χ2v) is 9.57. The van der Waals surface area contributed by atoms with E-state index in [-0.39, 0.29) is 5.41 Å². The number of benzene rings is 2. The van der Waals surface area contributed by atoms with Crippen LogP contribution < -0.4 is 0 Å². The maximum absolute atomic E-state index is 9.85. The fourth-order valence-corrected chi connectivity index (χ4v) is 6.36. The van der Waals surface area contributed by atoms with Crippen molar-refractivity contribution in [3.05, 3.63) is 64.2 Å². The van der Waals surface area contributed by atoms with E-state index < -0.39 is 0 Å². The molecule has 2 saturated carbocycles. The standard InChI is InChI=1S/C25H27ClN2O/c1-25-13-12-21-20-9-7-19(29)14-17(20)4-8-22(21)23(25)10-11-24(25)28-27-15-16-2-5-18(26)6-3-16/h2-3,5-7,9,14-15,21-23,29H,4,8,10-13H2,1H3/b27-15-,28-24-/t21-,22+,23+,25+/m1/s1. The summed E-state index contributed by atoms with van der Waals surface area (Å²) in [6, 6.07) is 13.7. The van der Waals surface area contributed by atoms with Gasteiger partial charge in [0.1, 0.15) is 5.75 Å². The first-order valence-corrected chi connectivity index (χ1v) is 11.1. The van der Waals surface area contributed by atoms with Crippen LogP contribution in [0.3, 0.4) is 0 Å². The van der Waals surface area contributed by atoms with Crippen LogP contribution in [0.25, 0.3) is 0 Å². The number of nitrogens with zero attached hydrogens (tertiary/aromatic N) is 2. The lowest BCUT2D eigenvalue weighted by Crippen LogP contribution is -2.42. The Morgan fingerprint density at radius 3 is 2.72 bits per heavy atom. The first kappa shape index (κ1) is 18.9. The largest absolute Gasteiger partial charge is 0.508 e. The predicted octanol–water partition coefficient (Wildman–Crippen LogP) is 6.38. The molecule has 2 aromatic rings. The Hall–Kier alpha value is -2.13. The van der Waals surface area contributed by atoms with Gasteiger partial charge in [0.05, 0.1) is 6.21 Å². The number of phenolic OH excluding ortho intramolecular Hbond substituents is 1. The summed E-state index contributed by atoms with van der Waals surface area (Å²) in [6.45, 7) is 2.42. The molecule has 1 N–H and O–H groups in total. The highest BCUT2D eigenvalue weighted by molar-refractivity contribution is 6.30. The normalized spacial score (nSPS) is 32.2. The molecule has 3 aliphatic rings. The molecular weight excluding hydrogens is 380 g/mol. The number of phenols is 1. The fraction of sp³-hybridized carbons (Fsp3) is 0.440. The Kier molecular flexibility index (Phi) is 4.74. The molecule has 0 saturated heterocycles.